The van der Waals surface area contributed by atoms with Crippen molar-refractivity contribution in [3.63, 3.8) is 0 Å². The Morgan fingerprint density at radius 1 is 0.580 bits per heavy atom. The number of azo groups is 4. The second-order valence-corrected chi connectivity index (χ2v) is 26.4. The maximum Gasteiger partial charge on any atom is 0.294 e. The molecule has 0 amide bonds. The molecule has 0 fully saturated rings. The smallest absolute Gasteiger partial charge is 0.294 e. The van der Waals surface area contributed by atoms with E-state index in [9.17, 15) is 62.3 Å². The predicted molar refractivity (Wildman–Crippen MR) is 305 cm³/mol. The fourth-order valence-corrected chi connectivity index (χ4v) is 12.3. The zero-order valence-electron chi connectivity index (χ0n) is 43.6. The fourth-order valence-electron chi connectivity index (χ4n) is 7.82. The van der Waals surface area contributed by atoms with Crippen LogP contribution in [0.15, 0.2) is 134 Å². The molecular formula is C50H51N11O14S6. The normalized spacial score (nSPS) is 12.8. The quantitative estimate of drug-likeness (QED) is 0.0162. The lowest BCUT2D eigenvalue weighted by atomic mass is 10.1. The minimum Gasteiger partial charge on any atom is -0.493 e. The molecule has 0 saturated heterocycles. The molecule has 5 aromatic carbocycles. The number of benzene rings is 5. The first-order valence-corrected chi connectivity index (χ1v) is 32.3. The number of aryl methyl sites for hydroxylation is 4. The topological polar surface area (TPSA) is 387 Å². The number of aromatic nitrogens is 2. The Morgan fingerprint density at radius 3 is 1.58 bits per heavy atom. The number of pyridine rings is 1. The number of nitrogens with zero attached hydrogens (tertiary/aromatic N) is 11. The minimum absolute atomic E-state index is 0.000873. The number of hydrogen-bond donors (Lipinski definition) is 5. The number of aromatic hydroxyl groups is 1. The van der Waals surface area contributed by atoms with Crippen molar-refractivity contribution in [3.05, 3.63) is 112 Å². The molecule has 0 aliphatic rings. The third kappa shape index (κ3) is 16.3. The molecule has 2 heterocycles. The van der Waals surface area contributed by atoms with E-state index in [1.165, 1.54) is 60.0 Å². The van der Waals surface area contributed by atoms with E-state index in [1.807, 2.05) is 31.2 Å². The van der Waals surface area contributed by atoms with Crippen molar-refractivity contribution in [2.75, 3.05) is 35.4 Å². The third-order valence-corrected chi connectivity index (χ3v) is 17.5. The van der Waals surface area contributed by atoms with Crippen LogP contribution >= 0.6 is 23.5 Å². The zero-order chi connectivity index (χ0) is 59.0. The summed E-state index contributed by atoms with van der Waals surface area (Å²) >= 11 is 2.49. The second-order valence-electron chi connectivity index (χ2n) is 18.0. The van der Waals surface area contributed by atoms with Crippen molar-refractivity contribution in [2.24, 2.45) is 40.9 Å². The number of imidazole rings is 1. The van der Waals surface area contributed by atoms with Crippen LogP contribution in [-0.2, 0) is 40.5 Å². The first-order valence-electron chi connectivity index (χ1n) is 24.1. The average molecular weight is 1220 g/mol. The number of nitriles is 1. The number of hydrogen-bond acceptors (Lipinski definition) is 22. The van der Waals surface area contributed by atoms with Gasteiger partial charge in [-0.05, 0) is 142 Å². The number of ether oxygens (including phenoxy) is 1. The molecule has 31 heteroatoms. The molecule has 25 nitrogen and oxygen atoms in total. The monoisotopic (exact) mass is 1220 g/mol. The lowest BCUT2D eigenvalue weighted by Crippen LogP contribution is -2.08. The zero-order valence-corrected chi connectivity index (χ0v) is 48.5. The van der Waals surface area contributed by atoms with Gasteiger partial charge in [-0.1, -0.05) is 18.2 Å². The molecule has 5 N–H and O–H groups in total. The van der Waals surface area contributed by atoms with Crippen LogP contribution in [0.25, 0.3) is 16.7 Å². The first kappa shape index (κ1) is 61.5. The molecule has 0 unspecified atom stereocenters. The summed E-state index contributed by atoms with van der Waals surface area (Å²) in [5.41, 5.74) is 4.48. The molecule has 2 aromatic heterocycles. The van der Waals surface area contributed by atoms with Crippen LogP contribution < -0.4 is 4.74 Å². The molecule has 7 rings (SSSR count). The average Bonchev–Trinajstić information content (AvgIpc) is 3.83. The van der Waals surface area contributed by atoms with Gasteiger partial charge in [-0.3, -0.25) is 22.6 Å². The number of thioether (sulfide) groups is 2. The molecule has 0 aliphatic carbocycles. The summed E-state index contributed by atoms with van der Waals surface area (Å²) in [5, 5.41) is 57.7. The molecule has 0 bridgehead atoms. The highest BCUT2D eigenvalue weighted by molar-refractivity contribution is 7.99. The molecular weight excluding hydrogens is 1170 g/mol. The lowest BCUT2D eigenvalue weighted by Gasteiger charge is -2.12. The third-order valence-electron chi connectivity index (χ3n) is 11.9. The van der Waals surface area contributed by atoms with Crippen LogP contribution in [0, 0.1) is 45.9 Å². The predicted octanol–water partition coefficient (Wildman–Crippen LogP) is 12.9. The van der Waals surface area contributed by atoms with E-state index in [-0.39, 0.29) is 87.8 Å². The van der Waals surface area contributed by atoms with E-state index < -0.39 is 68.5 Å². The molecule has 0 saturated carbocycles. The Hall–Kier alpha value is -7.12. The van der Waals surface area contributed by atoms with Crippen LogP contribution in [0.1, 0.15) is 52.6 Å². The van der Waals surface area contributed by atoms with E-state index >= 15 is 0 Å². The van der Waals surface area contributed by atoms with Gasteiger partial charge in [0.1, 0.15) is 23.1 Å². The first-order chi connectivity index (χ1) is 38.1. The minimum atomic E-state index is -4.66. The molecule has 81 heavy (non-hydrogen) atoms. The molecule has 7 aromatic rings. The molecule has 0 aliphatic heterocycles. The second kappa shape index (κ2) is 25.8. The maximum atomic E-state index is 12.1. The van der Waals surface area contributed by atoms with Gasteiger partial charge in [-0.2, -0.15) is 59.4 Å². The molecule has 0 radical (unpaired) electrons. The van der Waals surface area contributed by atoms with Gasteiger partial charge in [0.2, 0.25) is 5.88 Å². The van der Waals surface area contributed by atoms with Crippen molar-refractivity contribution in [3.8, 4) is 17.7 Å². The van der Waals surface area contributed by atoms with E-state index in [0.29, 0.717) is 60.7 Å². The van der Waals surface area contributed by atoms with Crippen LogP contribution in [0.3, 0.4) is 0 Å². The summed E-state index contributed by atoms with van der Waals surface area (Å²) < 4.78 is 139. The van der Waals surface area contributed by atoms with Crippen molar-refractivity contribution in [2.45, 2.75) is 68.6 Å². The van der Waals surface area contributed by atoms with Gasteiger partial charge >= 0.3 is 0 Å². The van der Waals surface area contributed by atoms with Gasteiger partial charge < -0.3 is 9.84 Å². The largest absolute Gasteiger partial charge is 0.493 e. The van der Waals surface area contributed by atoms with E-state index in [0.717, 1.165) is 6.07 Å². The Kier molecular flexibility index (Phi) is 19.6. The van der Waals surface area contributed by atoms with E-state index in [1.54, 1.807) is 50.2 Å². The summed E-state index contributed by atoms with van der Waals surface area (Å²) in [6, 6.07) is 23.4. The van der Waals surface area contributed by atoms with Gasteiger partial charge in [-0.25, -0.2) is 4.98 Å². The molecule has 426 valence electrons. The van der Waals surface area contributed by atoms with Crippen molar-refractivity contribution < 1.29 is 61.7 Å². The van der Waals surface area contributed by atoms with Crippen LogP contribution in [0.4, 0.5) is 45.5 Å². The highest BCUT2D eigenvalue weighted by Gasteiger charge is 2.25. The SMILES string of the molecule is Cc1cc(N=Nc2cc(SCCCS(=O)(=O)O)c(N=Nc3cc(OCCCS(=O)(=O)O)c(N=Nc4c(C)c(C#N)c5nc6c(C)c(S(=O)(=O)O)ccc6n5c4O)cc3C)cc2C)c(SCCCS(=O)(=O)O)cc1N=Nc1ccccc1. The Morgan fingerprint density at radius 2 is 1.06 bits per heavy atom. The Labute approximate surface area is 474 Å². The lowest BCUT2D eigenvalue weighted by molar-refractivity contribution is 0.317. The van der Waals surface area contributed by atoms with Gasteiger partial charge in [0, 0.05) is 21.4 Å². The Balaban J connectivity index is 1.26. The highest BCUT2D eigenvalue weighted by atomic mass is 32.2. The summed E-state index contributed by atoms with van der Waals surface area (Å²) in [6.07, 6.45) is 0.0394. The van der Waals surface area contributed by atoms with Gasteiger partial charge in [0.15, 0.2) is 11.3 Å². The summed E-state index contributed by atoms with van der Waals surface area (Å²) in [4.78, 5) is 5.09. The van der Waals surface area contributed by atoms with Crippen molar-refractivity contribution in [1.29, 1.82) is 5.26 Å². The van der Waals surface area contributed by atoms with Gasteiger partial charge in [0.25, 0.3) is 40.5 Å². The van der Waals surface area contributed by atoms with Gasteiger partial charge in [0.05, 0.1) is 73.9 Å². The summed E-state index contributed by atoms with van der Waals surface area (Å²) in [5.74, 6) is -1.62. The standard InChI is InChI=1S/C50H51N11O14S6/c1-29-22-39(57-60-48-32(4)35(28-51)49-52-47-33(5)46(81(72,73)74)15-14-42(47)61(49)50(48)62)43(75-16-9-19-78(63,64)65)25-36(29)55-58-40-24-31(3)38(27-45(40)77-18-11-21-80(69,70)71)56-59-41-23-30(2)37(54-53-34-12-7-6-8-13-34)26-44(41)76-17-10-20-79(66,67)68/h6-8,12-15,22-27,62H,9-11,16-21H2,1-5H3,(H,63,64,65)(H,66,67,68)(H,69,70,71)(H,72,73,74). The fraction of sp³-hybridized carbons (Fsp3) is 0.280. The van der Waals surface area contributed by atoms with E-state index in [2.05, 4.69) is 45.9 Å². The number of rotatable bonds is 24. The number of fused-ring (bicyclic) bond motifs is 3. The molecule has 0 atom stereocenters. The summed E-state index contributed by atoms with van der Waals surface area (Å²) in [6.45, 7) is 7.88. The van der Waals surface area contributed by atoms with Gasteiger partial charge in [-0.15, -0.1) is 44.0 Å². The maximum absolute atomic E-state index is 12.1. The van der Waals surface area contributed by atoms with Crippen molar-refractivity contribution in [1.82, 2.24) is 9.38 Å². The highest BCUT2D eigenvalue weighted by Crippen LogP contribution is 2.44. The molecule has 0 spiro atoms. The van der Waals surface area contributed by atoms with Crippen LogP contribution in [0.2, 0.25) is 0 Å². The summed E-state index contributed by atoms with van der Waals surface area (Å²) in [7, 11) is -17.5. The van der Waals surface area contributed by atoms with Crippen molar-refractivity contribution >= 4 is 126 Å². The Bertz CT molecular complexity index is 4230. The van der Waals surface area contributed by atoms with Crippen LogP contribution in [0.5, 0.6) is 11.6 Å². The van der Waals surface area contributed by atoms with Crippen LogP contribution in [-0.4, -0.2) is 102 Å². The van der Waals surface area contributed by atoms with E-state index in [4.69, 9.17) is 4.74 Å².